The molecule has 1 amide bonds. The van der Waals surface area contributed by atoms with Crippen molar-refractivity contribution in [1.29, 1.82) is 0 Å². The Morgan fingerprint density at radius 2 is 1.90 bits per heavy atom. The van der Waals surface area contributed by atoms with Crippen LogP contribution in [0, 0.1) is 0 Å². The fourth-order valence-corrected chi connectivity index (χ4v) is 4.92. The fourth-order valence-electron chi connectivity index (χ4n) is 3.71. The number of imidazole rings is 1. The number of pyridine rings is 1. The summed E-state index contributed by atoms with van der Waals surface area (Å²) in [5.41, 5.74) is 7.29. The molecule has 144 valence electrons. The van der Waals surface area contributed by atoms with Crippen LogP contribution in [0.25, 0.3) is 16.2 Å². The molecule has 0 saturated carbocycles. The van der Waals surface area contributed by atoms with Gasteiger partial charge in [0.15, 0.2) is 4.96 Å². The van der Waals surface area contributed by atoms with Crippen molar-refractivity contribution in [2.75, 3.05) is 0 Å². The molecule has 1 aromatic carbocycles. The third-order valence-corrected chi connectivity index (χ3v) is 6.24. The first kappa shape index (κ1) is 17.8. The highest BCUT2D eigenvalue weighted by atomic mass is 32.1. The molecule has 0 saturated heterocycles. The van der Waals surface area contributed by atoms with Gasteiger partial charge in [-0.3, -0.25) is 14.2 Å². The van der Waals surface area contributed by atoms with E-state index in [2.05, 4.69) is 19.9 Å². The predicted molar refractivity (Wildman–Crippen MR) is 114 cm³/mol. The summed E-state index contributed by atoms with van der Waals surface area (Å²) in [6, 6.07) is 13.4. The quantitative estimate of drug-likeness (QED) is 0.413. The maximum absolute atomic E-state index is 12.3. The third kappa shape index (κ3) is 3.34. The van der Waals surface area contributed by atoms with Crippen LogP contribution in [-0.2, 0) is 12.8 Å². The van der Waals surface area contributed by atoms with Gasteiger partial charge in [-0.2, -0.15) is 5.10 Å². The van der Waals surface area contributed by atoms with Crippen LogP contribution in [0.3, 0.4) is 0 Å². The number of carbonyl (C=O) groups excluding carboxylic acids is 1. The Labute approximate surface area is 172 Å². The standard InChI is InChI=1S/C22H19N5OS/c28-21(16-10-12-23-13-11-16)26-24-14-18-20(15-6-2-1-3-7-15)25-22-27(18)17-8-4-5-9-19(17)29-22/h1-3,6-7,10-14H,4-5,8-9H2,(H,26,28)/b24-14-. The summed E-state index contributed by atoms with van der Waals surface area (Å²) in [7, 11) is 0. The van der Waals surface area contributed by atoms with Crippen molar-refractivity contribution < 1.29 is 4.79 Å². The molecule has 5 rings (SSSR count). The Morgan fingerprint density at radius 1 is 1.10 bits per heavy atom. The van der Waals surface area contributed by atoms with Gasteiger partial charge in [-0.05, 0) is 37.8 Å². The summed E-state index contributed by atoms with van der Waals surface area (Å²) < 4.78 is 2.21. The second-order valence-electron chi connectivity index (χ2n) is 6.94. The van der Waals surface area contributed by atoms with E-state index >= 15 is 0 Å². The van der Waals surface area contributed by atoms with Crippen molar-refractivity contribution in [3.63, 3.8) is 0 Å². The number of aryl methyl sites for hydroxylation is 2. The number of carbonyl (C=O) groups is 1. The molecule has 0 bridgehead atoms. The normalized spacial score (nSPS) is 13.7. The number of amides is 1. The summed E-state index contributed by atoms with van der Waals surface area (Å²) in [4.78, 5) is 23.5. The zero-order valence-corrected chi connectivity index (χ0v) is 16.5. The van der Waals surface area contributed by atoms with Crippen LogP contribution < -0.4 is 5.43 Å². The Morgan fingerprint density at radius 3 is 2.72 bits per heavy atom. The molecule has 3 aromatic heterocycles. The fraction of sp³-hybridized carbons (Fsp3) is 0.182. The van der Waals surface area contributed by atoms with E-state index < -0.39 is 0 Å². The molecule has 3 heterocycles. The summed E-state index contributed by atoms with van der Waals surface area (Å²) >= 11 is 1.76. The molecule has 1 aliphatic rings. The smallest absolute Gasteiger partial charge is 0.271 e. The van der Waals surface area contributed by atoms with Gasteiger partial charge in [0.1, 0.15) is 0 Å². The van der Waals surface area contributed by atoms with Crippen molar-refractivity contribution >= 4 is 28.4 Å². The van der Waals surface area contributed by atoms with Crippen molar-refractivity contribution in [1.82, 2.24) is 19.8 Å². The third-order valence-electron chi connectivity index (χ3n) is 5.10. The maximum Gasteiger partial charge on any atom is 0.271 e. The first-order valence-corrected chi connectivity index (χ1v) is 10.4. The van der Waals surface area contributed by atoms with Gasteiger partial charge in [-0.15, -0.1) is 11.3 Å². The predicted octanol–water partition coefficient (Wildman–Crippen LogP) is 4.10. The Balaban J connectivity index is 1.55. The van der Waals surface area contributed by atoms with E-state index in [1.807, 2.05) is 30.3 Å². The minimum Gasteiger partial charge on any atom is -0.285 e. The highest BCUT2D eigenvalue weighted by Crippen LogP contribution is 2.34. The Hall–Kier alpha value is -3.32. The van der Waals surface area contributed by atoms with Gasteiger partial charge in [-0.25, -0.2) is 10.4 Å². The number of hydrogen-bond donors (Lipinski definition) is 1. The first-order chi connectivity index (χ1) is 14.3. The number of thiazole rings is 1. The van der Waals surface area contributed by atoms with Crippen LogP contribution in [0.4, 0.5) is 0 Å². The van der Waals surface area contributed by atoms with E-state index in [1.165, 1.54) is 23.4 Å². The van der Waals surface area contributed by atoms with Gasteiger partial charge in [0.2, 0.25) is 0 Å². The lowest BCUT2D eigenvalue weighted by atomic mass is 10.0. The van der Waals surface area contributed by atoms with Gasteiger partial charge in [0.25, 0.3) is 5.91 Å². The zero-order valence-electron chi connectivity index (χ0n) is 15.7. The van der Waals surface area contributed by atoms with Gasteiger partial charge >= 0.3 is 0 Å². The molecule has 6 nitrogen and oxygen atoms in total. The average Bonchev–Trinajstić information content (AvgIpc) is 3.31. The molecule has 0 fully saturated rings. The van der Waals surface area contributed by atoms with Crippen molar-refractivity contribution in [2.45, 2.75) is 25.7 Å². The van der Waals surface area contributed by atoms with Gasteiger partial charge in [-0.1, -0.05) is 30.3 Å². The molecule has 29 heavy (non-hydrogen) atoms. The number of nitrogens with zero attached hydrogens (tertiary/aromatic N) is 4. The van der Waals surface area contributed by atoms with Crippen LogP contribution >= 0.6 is 11.3 Å². The minimum atomic E-state index is -0.266. The number of benzene rings is 1. The number of fused-ring (bicyclic) bond motifs is 3. The molecule has 0 aliphatic heterocycles. The highest BCUT2D eigenvalue weighted by molar-refractivity contribution is 7.17. The van der Waals surface area contributed by atoms with E-state index in [0.29, 0.717) is 5.56 Å². The van der Waals surface area contributed by atoms with E-state index in [0.717, 1.165) is 34.8 Å². The molecular formula is C22H19N5OS. The molecular weight excluding hydrogens is 382 g/mol. The van der Waals surface area contributed by atoms with E-state index in [-0.39, 0.29) is 5.91 Å². The second kappa shape index (κ2) is 7.60. The van der Waals surface area contributed by atoms with E-state index in [9.17, 15) is 4.79 Å². The number of hydrazone groups is 1. The van der Waals surface area contributed by atoms with Crippen LogP contribution in [0.5, 0.6) is 0 Å². The summed E-state index contributed by atoms with van der Waals surface area (Å²) in [5.74, 6) is -0.266. The molecule has 0 unspecified atom stereocenters. The van der Waals surface area contributed by atoms with Crippen molar-refractivity contribution in [2.24, 2.45) is 5.10 Å². The van der Waals surface area contributed by atoms with Crippen molar-refractivity contribution in [3.8, 4) is 11.3 Å². The molecule has 1 aliphatic carbocycles. The topological polar surface area (TPSA) is 71.7 Å². The number of rotatable bonds is 4. The van der Waals surface area contributed by atoms with Gasteiger partial charge in [0, 0.05) is 34.1 Å². The molecule has 1 N–H and O–H groups in total. The van der Waals surface area contributed by atoms with E-state index in [4.69, 9.17) is 4.98 Å². The largest absolute Gasteiger partial charge is 0.285 e. The van der Waals surface area contributed by atoms with Gasteiger partial charge < -0.3 is 0 Å². The van der Waals surface area contributed by atoms with Crippen molar-refractivity contribution in [3.05, 3.63) is 76.7 Å². The van der Waals surface area contributed by atoms with Crippen LogP contribution in [0.2, 0.25) is 0 Å². The SMILES string of the molecule is O=C(N/N=C\c1c(-c2ccccc2)nc2sc3c(n12)CCCC3)c1ccncc1. The van der Waals surface area contributed by atoms with Crippen LogP contribution in [0.15, 0.2) is 60.0 Å². The zero-order chi connectivity index (χ0) is 19.6. The summed E-state index contributed by atoms with van der Waals surface area (Å²) in [6.07, 6.45) is 9.46. The first-order valence-electron chi connectivity index (χ1n) is 9.63. The Bertz CT molecular complexity index is 1190. The summed E-state index contributed by atoms with van der Waals surface area (Å²) in [5, 5.41) is 4.25. The monoisotopic (exact) mass is 401 g/mol. The lowest BCUT2D eigenvalue weighted by Crippen LogP contribution is -2.17. The lowest BCUT2D eigenvalue weighted by Gasteiger charge is -2.11. The minimum absolute atomic E-state index is 0.266. The second-order valence-corrected chi connectivity index (χ2v) is 8.01. The summed E-state index contributed by atoms with van der Waals surface area (Å²) in [6.45, 7) is 0. The number of hydrogen-bond acceptors (Lipinski definition) is 5. The molecule has 0 atom stereocenters. The van der Waals surface area contributed by atoms with Crippen LogP contribution in [0.1, 0.15) is 39.5 Å². The van der Waals surface area contributed by atoms with Gasteiger partial charge in [0.05, 0.1) is 17.6 Å². The average molecular weight is 401 g/mol. The van der Waals surface area contributed by atoms with E-state index in [1.54, 1.807) is 42.1 Å². The molecule has 0 spiro atoms. The van der Waals surface area contributed by atoms with Crippen LogP contribution in [-0.4, -0.2) is 26.5 Å². The maximum atomic E-state index is 12.3. The lowest BCUT2D eigenvalue weighted by molar-refractivity contribution is 0.0955. The Kier molecular flexibility index (Phi) is 4.65. The number of aromatic nitrogens is 3. The molecule has 7 heteroatoms. The molecule has 0 radical (unpaired) electrons. The highest BCUT2D eigenvalue weighted by Gasteiger charge is 2.22. The molecule has 4 aromatic rings. The number of nitrogens with one attached hydrogen (secondary N) is 1.